The highest BCUT2D eigenvalue weighted by Crippen LogP contribution is 2.26. The second kappa shape index (κ2) is 6.16. The summed E-state index contributed by atoms with van der Waals surface area (Å²) in [5.41, 5.74) is 0.767. The van der Waals surface area contributed by atoms with Crippen molar-refractivity contribution in [3.63, 3.8) is 0 Å². The summed E-state index contributed by atoms with van der Waals surface area (Å²) in [4.78, 5) is 17.3. The Balaban J connectivity index is 1.85. The number of carbonyl (C=O) groups excluding carboxylic acids is 1. The van der Waals surface area contributed by atoms with E-state index in [9.17, 15) is 15.0 Å². The molecule has 0 saturated carbocycles. The summed E-state index contributed by atoms with van der Waals surface area (Å²) in [5, 5.41) is 21.0. The van der Waals surface area contributed by atoms with E-state index in [0.717, 1.165) is 22.1 Å². The lowest BCUT2D eigenvalue weighted by atomic mass is 9.98. The lowest BCUT2D eigenvalue weighted by Gasteiger charge is -2.13. The van der Waals surface area contributed by atoms with E-state index in [0.29, 0.717) is 4.73 Å². The third-order valence-electron chi connectivity index (χ3n) is 3.90. The predicted octanol–water partition coefficient (Wildman–Crippen LogP) is 2.82. The van der Waals surface area contributed by atoms with Crippen LogP contribution in [0, 0.1) is 0 Å². The van der Waals surface area contributed by atoms with Gasteiger partial charge in [-0.25, -0.2) is 4.79 Å². The van der Waals surface area contributed by atoms with Gasteiger partial charge in [-0.3, -0.25) is 0 Å². The number of nitrogens with zero attached hydrogens (tertiary/aromatic N) is 1. The van der Waals surface area contributed by atoms with Crippen molar-refractivity contribution in [2.75, 3.05) is 7.11 Å². The molecule has 1 atom stereocenters. The number of fused-ring (bicyclic) bond motifs is 1. The second-order valence-corrected chi connectivity index (χ2v) is 5.45. The van der Waals surface area contributed by atoms with E-state index in [1.807, 2.05) is 36.4 Å². The Bertz CT molecular complexity index is 880. The van der Waals surface area contributed by atoms with Gasteiger partial charge in [-0.2, -0.15) is 0 Å². The summed E-state index contributed by atoms with van der Waals surface area (Å²) in [5.74, 6) is -1.10. The molecule has 0 amide bonds. The van der Waals surface area contributed by atoms with Crippen molar-refractivity contribution in [1.82, 2.24) is 4.73 Å². The maximum atomic E-state index is 12.3. The van der Waals surface area contributed by atoms with Crippen LogP contribution in [0.1, 0.15) is 18.4 Å². The molecule has 0 aliphatic heterocycles. The fourth-order valence-electron chi connectivity index (χ4n) is 2.44. The Morgan fingerprint density at radius 2 is 1.62 bits per heavy atom. The quantitative estimate of drug-likeness (QED) is 0.770. The van der Waals surface area contributed by atoms with Gasteiger partial charge in [0.25, 0.3) is 0 Å². The van der Waals surface area contributed by atoms with Crippen LogP contribution in [0.4, 0.5) is 0 Å². The number of aromatic nitrogens is 1. The van der Waals surface area contributed by atoms with Gasteiger partial charge in [0.1, 0.15) is 5.75 Å². The summed E-state index contributed by atoms with van der Waals surface area (Å²) in [6.07, 6.45) is 0. The molecule has 6 nitrogen and oxygen atoms in total. The fourth-order valence-corrected chi connectivity index (χ4v) is 2.44. The number of hydrogen-bond acceptors (Lipinski definition) is 5. The van der Waals surface area contributed by atoms with E-state index in [-0.39, 0.29) is 11.8 Å². The first-order valence-electron chi connectivity index (χ1n) is 7.39. The Morgan fingerprint density at radius 1 is 1.00 bits per heavy atom. The van der Waals surface area contributed by atoms with Crippen LogP contribution >= 0.6 is 0 Å². The van der Waals surface area contributed by atoms with Crippen LogP contribution < -0.4 is 9.57 Å². The highest BCUT2D eigenvalue weighted by Gasteiger charge is 2.20. The molecule has 1 aromatic heterocycles. The molecule has 0 fully saturated rings. The number of rotatable bonds is 4. The first-order valence-corrected chi connectivity index (χ1v) is 7.39. The number of methoxy groups -OCH3 is 1. The molecule has 6 heteroatoms. The molecule has 0 spiro atoms. The Labute approximate surface area is 138 Å². The van der Waals surface area contributed by atoms with Crippen molar-refractivity contribution in [2.45, 2.75) is 12.8 Å². The van der Waals surface area contributed by atoms with Crippen LogP contribution in [0.3, 0.4) is 0 Å². The van der Waals surface area contributed by atoms with Gasteiger partial charge in [0.2, 0.25) is 11.8 Å². The van der Waals surface area contributed by atoms with Gasteiger partial charge in [0.15, 0.2) is 0 Å². The van der Waals surface area contributed by atoms with Crippen LogP contribution in [0.15, 0.2) is 48.5 Å². The summed E-state index contributed by atoms with van der Waals surface area (Å²) >= 11 is 0. The monoisotopic (exact) mass is 327 g/mol. The van der Waals surface area contributed by atoms with Gasteiger partial charge >= 0.3 is 5.97 Å². The highest BCUT2D eigenvalue weighted by atomic mass is 16.7. The van der Waals surface area contributed by atoms with Gasteiger partial charge in [0.05, 0.1) is 13.0 Å². The zero-order valence-electron chi connectivity index (χ0n) is 13.3. The van der Waals surface area contributed by atoms with E-state index < -0.39 is 11.9 Å². The summed E-state index contributed by atoms with van der Waals surface area (Å²) in [6.45, 7) is 1.70. The molecule has 24 heavy (non-hydrogen) atoms. The Kier molecular flexibility index (Phi) is 4.04. The molecular weight excluding hydrogens is 310 g/mol. The van der Waals surface area contributed by atoms with Crippen molar-refractivity contribution in [1.29, 1.82) is 0 Å². The molecule has 1 heterocycles. The summed E-state index contributed by atoms with van der Waals surface area (Å²) < 4.78 is 5.88. The number of hydrogen-bond donors (Lipinski definition) is 2. The minimum atomic E-state index is -0.593. The molecule has 2 N–H and O–H groups in total. The molecule has 0 bridgehead atoms. The standard InChI is InChI=1S/C18H17NO5/c1-11(18(22)24-19-16(20)7-8-17(19)21)12-3-4-14-10-15(23-2)6-5-13(14)9-12/h3-11,20-21H,1-2H3/t11-/m0/s1. The zero-order chi connectivity index (χ0) is 17.3. The SMILES string of the molecule is COc1ccc2cc([C@H](C)C(=O)On3c(O)ccc3O)ccc2c1. The number of carbonyl (C=O) groups is 1. The van der Waals surface area contributed by atoms with Crippen molar-refractivity contribution < 1.29 is 24.6 Å². The van der Waals surface area contributed by atoms with Crippen molar-refractivity contribution in [2.24, 2.45) is 0 Å². The van der Waals surface area contributed by atoms with E-state index in [4.69, 9.17) is 9.57 Å². The maximum absolute atomic E-state index is 12.3. The minimum Gasteiger partial charge on any atom is -0.497 e. The molecule has 0 unspecified atom stereocenters. The number of benzene rings is 2. The van der Waals surface area contributed by atoms with E-state index in [2.05, 4.69) is 0 Å². The van der Waals surface area contributed by atoms with E-state index in [1.165, 1.54) is 12.1 Å². The Hall–Kier alpha value is -3.15. The van der Waals surface area contributed by atoms with Gasteiger partial charge < -0.3 is 19.8 Å². The minimum absolute atomic E-state index is 0.348. The van der Waals surface area contributed by atoms with E-state index >= 15 is 0 Å². The smallest absolute Gasteiger partial charge is 0.340 e. The molecule has 3 aromatic rings. The molecule has 124 valence electrons. The highest BCUT2D eigenvalue weighted by molar-refractivity contribution is 5.86. The molecule has 0 aliphatic carbocycles. The van der Waals surface area contributed by atoms with Crippen LogP contribution in [-0.4, -0.2) is 28.0 Å². The number of aromatic hydroxyl groups is 2. The molecule has 3 rings (SSSR count). The van der Waals surface area contributed by atoms with Crippen LogP contribution in [0.25, 0.3) is 10.8 Å². The van der Waals surface area contributed by atoms with Crippen molar-refractivity contribution >= 4 is 16.7 Å². The fraction of sp³-hybridized carbons (Fsp3) is 0.167. The first kappa shape index (κ1) is 15.7. The van der Waals surface area contributed by atoms with Crippen LogP contribution in [0.5, 0.6) is 17.5 Å². The topological polar surface area (TPSA) is 80.9 Å². The lowest BCUT2D eigenvalue weighted by Crippen LogP contribution is -2.23. The lowest BCUT2D eigenvalue weighted by molar-refractivity contribution is -0.146. The zero-order valence-corrected chi connectivity index (χ0v) is 13.3. The predicted molar refractivity (Wildman–Crippen MR) is 88.3 cm³/mol. The van der Waals surface area contributed by atoms with Gasteiger partial charge in [-0.05, 0) is 35.4 Å². The Morgan fingerprint density at radius 3 is 2.29 bits per heavy atom. The molecule has 0 aliphatic rings. The molecule has 0 saturated heterocycles. The molecule has 0 radical (unpaired) electrons. The van der Waals surface area contributed by atoms with Crippen LogP contribution in [0.2, 0.25) is 0 Å². The van der Waals surface area contributed by atoms with Crippen LogP contribution in [-0.2, 0) is 4.79 Å². The summed E-state index contributed by atoms with van der Waals surface area (Å²) in [6, 6.07) is 13.8. The molecule has 2 aromatic carbocycles. The average molecular weight is 327 g/mol. The maximum Gasteiger partial charge on any atom is 0.340 e. The third kappa shape index (κ3) is 2.86. The first-order chi connectivity index (χ1) is 11.5. The second-order valence-electron chi connectivity index (χ2n) is 5.45. The van der Waals surface area contributed by atoms with Crippen molar-refractivity contribution in [3.05, 3.63) is 54.1 Å². The summed E-state index contributed by atoms with van der Waals surface area (Å²) in [7, 11) is 1.61. The van der Waals surface area contributed by atoms with Crippen molar-refractivity contribution in [3.8, 4) is 17.5 Å². The van der Waals surface area contributed by atoms with E-state index in [1.54, 1.807) is 14.0 Å². The largest absolute Gasteiger partial charge is 0.497 e. The normalized spacial score (nSPS) is 12.1. The van der Waals surface area contributed by atoms with Gasteiger partial charge in [-0.15, -0.1) is 4.73 Å². The molecular formula is C18H17NO5. The average Bonchev–Trinajstić information content (AvgIpc) is 2.92. The third-order valence-corrected chi connectivity index (χ3v) is 3.90. The van der Waals surface area contributed by atoms with Gasteiger partial charge in [-0.1, -0.05) is 24.3 Å². The van der Waals surface area contributed by atoms with Gasteiger partial charge in [0, 0.05) is 12.1 Å². The number of ether oxygens (including phenoxy) is 1.